The fraction of sp³-hybridized carbons (Fsp3) is 0.353. The van der Waals surface area contributed by atoms with E-state index in [1.807, 2.05) is 0 Å². The van der Waals surface area contributed by atoms with Crippen LogP contribution in [0.2, 0.25) is 5.02 Å². The van der Waals surface area contributed by atoms with Crippen LogP contribution in [0.15, 0.2) is 44.9 Å². The molecule has 0 bridgehead atoms. The van der Waals surface area contributed by atoms with Crippen molar-refractivity contribution >= 4 is 33.2 Å². The van der Waals surface area contributed by atoms with Gasteiger partial charge in [-0.05, 0) is 18.2 Å². The smallest absolute Gasteiger partial charge is 0.324 e. The molecule has 0 aliphatic rings. The lowest BCUT2D eigenvalue weighted by Crippen LogP contribution is -2.39. The van der Waals surface area contributed by atoms with Crippen LogP contribution < -0.4 is 16.6 Å². The predicted molar refractivity (Wildman–Crippen MR) is 106 cm³/mol. The zero-order valence-corrected chi connectivity index (χ0v) is 17.2. The molecule has 0 saturated carbocycles. The summed E-state index contributed by atoms with van der Waals surface area (Å²) in [5.41, 5.74) is -0.896. The Morgan fingerprint density at radius 2 is 1.82 bits per heavy atom. The van der Waals surface area contributed by atoms with Gasteiger partial charge in [0.1, 0.15) is 11.4 Å². The molecule has 0 spiro atoms. The zero-order chi connectivity index (χ0) is 21.1. The highest BCUT2D eigenvalue weighted by molar-refractivity contribution is 7.89. The van der Waals surface area contributed by atoms with Gasteiger partial charge in [-0.2, -0.15) is 4.31 Å². The molecule has 1 heterocycles. The molecule has 0 saturated heterocycles. The summed E-state index contributed by atoms with van der Waals surface area (Å²) in [6.45, 7) is 3.65. The maximum absolute atomic E-state index is 12.7. The number of aromatic nitrogens is 2. The second-order valence-electron chi connectivity index (χ2n) is 5.91. The molecule has 2 aromatic rings. The number of carbonyl (C=O) groups is 1. The average Bonchev–Trinajstić information content (AvgIpc) is 2.64. The van der Waals surface area contributed by atoms with E-state index in [0.29, 0.717) is 0 Å². The topological polar surface area (TPSA) is 110 Å². The van der Waals surface area contributed by atoms with Crippen molar-refractivity contribution in [2.45, 2.75) is 25.3 Å². The number of benzene rings is 1. The van der Waals surface area contributed by atoms with E-state index < -0.39 is 27.2 Å². The van der Waals surface area contributed by atoms with Crippen molar-refractivity contribution < 1.29 is 13.2 Å². The second kappa shape index (κ2) is 8.72. The third-order valence-corrected chi connectivity index (χ3v) is 6.64. The highest BCUT2D eigenvalue weighted by Gasteiger charge is 2.25. The van der Waals surface area contributed by atoms with Gasteiger partial charge in [0, 0.05) is 38.1 Å². The first-order valence-electron chi connectivity index (χ1n) is 8.47. The molecule has 1 aromatic carbocycles. The molecule has 1 N–H and O–H groups in total. The van der Waals surface area contributed by atoms with Gasteiger partial charge in [0.15, 0.2) is 0 Å². The molecule has 0 fully saturated rings. The van der Waals surface area contributed by atoms with Crippen LogP contribution in [0, 0.1) is 0 Å². The van der Waals surface area contributed by atoms with E-state index >= 15 is 0 Å². The number of sulfonamides is 1. The molecule has 1 amide bonds. The highest BCUT2D eigenvalue weighted by atomic mass is 35.5. The summed E-state index contributed by atoms with van der Waals surface area (Å²) in [4.78, 5) is 35.6. The fourth-order valence-electron chi connectivity index (χ4n) is 2.57. The SMILES string of the molecule is CCN(CC)S(=O)(=O)c1cc(NC(=O)Cn2ccc(=O)n(C)c2=O)ccc1Cl. The maximum atomic E-state index is 12.7. The van der Waals surface area contributed by atoms with Gasteiger partial charge < -0.3 is 5.32 Å². The van der Waals surface area contributed by atoms with Crippen LogP contribution in [0.5, 0.6) is 0 Å². The van der Waals surface area contributed by atoms with Crippen molar-refractivity contribution in [2.24, 2.45) is 7.05 Å². The molecule has 1 aromatic heterocycles. The Morgan fingerprint density at radius 3 is 2.43 bits per heavy atom. The average molecular weight is 429 g/mol. The minimum atomic E-state index is -3.81. The van der Waals surface area contributed by atoms with Gasteiger partial charge >= 0.3 is 5.69 Å². The largest absolute Gasteiger partial charge is 0.331 e. The Morgan fingerprint density at radius 1 is 1.18 bits per heavy atom. The van der Waals surface area contributed by atoms with E-state index in [0.717, 1.165) is 9.13 Å². The van der Waals surface area contributed by atoms with Crippen LogP contribution >= 0.6 is 11.6 Å². The van der Waals surface area contributed by atoms with E-state index in [9.17, 15) is 22.8 Å². The van der Waals surface area contributed by atoms with E-state index in [2.05, 4.69) is 5.32 Å². The van der Waals surface area contributed by atoms with Crippen LogP contribution in [0.4, 0.5) is 5.69 Å². The van der Waals surface area contributed by atoms with Gasteiger partial charge in [0.25, 0.3) is 5.56 Å². The summed E-state index contributed by atoms with van der Waals surface area (Å²) >= 11 is 6.06. The van der Waals surface area contributed by atoms with Crippen molar-refractivity contribution in [1.82, 2.24) is 13.4 Å². The van der Waals surface area contributed by atoms with Crippen molar-refractivity contribution in [3.8, 4) is 0 Å². The number of anilines is 1. The molecule has 152 valence electrons. The summed E-state index contributed by atoms with van der Waals surface area (Å²) in [6.07, 6.45) is 1.22. The van der Waals surface area contributed by atoms with E-state index in [4.69, 9.17) is 11.6 Å². The summed E-state index contributed by atoms with van der Waals surface area (Å²) < 4.78 is 28.6. The Balaban J connectivity index is 2.28. The molecule has 9 nitrogen and oxygen atoms in total. The van der Waals surface area contributed by atoms with Crippen LogP contribution in [-0.2, 0) is 28.4 Å². The summed E-state index contributed by atoms with van der Waals surface area (Å²) in [5.74, 6) is -0.561. The van der Waals surface area contributed by atoms with Gasteiger partial charge in [0.2, 0.25) is 15.9 Å². The number of halogens is 1. The number of amides is 1. The first-order valence-corrected chi connectivity index (χ1v) is 10.3. The van der Waals surface area contributed by atoms with Gasteiger partial charge in [-0.1, -0.05) is 25.4 Å². The summed E-state index contributed by atoms with van der Waals surface area (Å²) in [5, 5.41) is 2.58. The van der Waals surface area contributed by atoms with E-state index in [1.54, 1.807) is 13.8 Å². The number of nitrogens with zero attached hydrogens (tertiary/aromatic N) is 3. The number of hydrogen-bond donors (Lipinski definition) is 1. The predicted octanol–water partition coefficient (Wildman–Crippen LogP) is 0.870. The van der Waals surface area contributed by atoms with Crippen molar-refractivity contribution in [3.63, 3.8) is 0 Å². The van der Waals surface area contributed by atoms with Gasteiger partial charge in [0.05, 0.1) is 5.02 Å². The van der Waals surface area contributed by atoms with Crippen LogP contribution in [0.1, 0.15) is 13.8 Å². The molecule has 28 heavy (non-hydrogen) atoms. The van der Waals surface area contributed by atoms with Crippen LogP contribution in [0.25, 0.3) is 0 Å². The molecule has 0 atom stereocenters. The third-order valence-electron chi connectivity index (χ3n) is 4.11. The third kappa shape index (κ3) is 4.51. The molecular formula is C17H21ClN4O5S. The molecule has 0 aliphatic carbocycles. The Hall–Kier alpha value is -2.43. The lowest BCUT2D eigenvalue weighted by Gasteiger charge is -2.19. The molecule has 0 aliphatic heterocycles. The number of hydrogen-bond acceptors (Lipinski definition) is 5. The molecule has 2 rings (SSSR count). The second-order valence-corrected chi connectivity index (χ2v) is 8.22. The summed E-state index contributed by atoms with van der Waals surface area (Å²) in [6, 6.07) is 5.29. The fourth-order valence-corrected chi connectivity index (χ4v) is 4.53. The monoisotopic (exact) mass is 428 g/mol. The van der Waals surface area contributed by atoms with Crippen LogP contribution in [0.3, 0.4) is 0 Å². The Kier molecular flexibility index (Phi) is 6.81. The van der Waals surface area contributed by atoms with Crippen molar-refractivity contribution in [2.75, 3.05) is 18.4 Å². The van der Waals surface area contributed by atoms with E-state index in [1.165, 1.54) is 41.8 Å². The van der Waals surface area contributed by atoms with Gasteiger partial charge in [-0.3, -0.25) is 18.7 Å². The quantitative estimate of drug-likeness (QED) is 0.703. The van der Waals surface area contributed by atoms with Crippen molar-refractivity contribution in [1.29, 1.82) is 0 Å². The molecule has 0 unspecified atom stereocenters. The normalized spacial score (nSPS) is 11.6. The Labute approximate surface area is 167 Å². The van der Waals surface area contributed by atoms with E-state index in [-0.39, 0.29) is 35.2 Å². The van der Waals surface area contributed by atoms with Gasteiger partial charge in [-0.15, -0.1) is 0 Å². The minimum absolute atomic E-state index is 0.0409. The standard InChI is InChI=1S/C17H21ClN4O5S/c1-4-22(5-2)28(26,27)14-10-12(6-7-13(14)18)19-15(23)11-21-9-8-16(24)20(3)17(21)25/h6-10H,4-5,11H2,1-3H3,(H,19,23). The number of nitrogens with one attached hydrogen (secondary N) is 1. The number of rotatable bonds is 7. The first kappa shape index (κ1) is 21.9. The molecule has 0 radical (unpaired) electrons. The Bertz CT molecular complexity index is 1100. The molecular weight excluding hydrogens is 408 g/mol. The minimum Gasteiger partial charge on any atom is -0.324 e. The highest BCUT2D eigenvalue weighted by Crippen LogP contribution is 2.27. The van der Waals surface area contributed by atoms with Crippen molar-refractivity contribution in [3.05, 3.63) is 56.3 Å². The lowest BCUT2D eigenvalue weighted by molar-refractivity contribution is -0.116. The first-order chi connectivity index (χ1) is 13.1. The lowest BCUT2D eigenvalue weighted by atomic mass is 10.3. The van der Waals surface area contributed by atoms with Crippen LogP contribution in [-0.4, -0.2) is 40.9 Å². The van der Waals surface area contributed by atoms with Gasteiger partial charge in [-0.25, -0.2) is 13.2 Å². The summed E-state index contributed by atoms with van der Waals surface area (Å²) in [7, 11) is -2.50. The molecule has 11 heteroatoms. The maximum Gasteiger partial charge on any atom is 0.331 e. The zero-order valence-electron chi connectivity index (χ0n) is 15.7. The number of carbonyl (C=O) groups excluding carboxylic acids is 1.